The maximum atomic E-state index is 2.45. The van der Waals surface area contributed by atoms with Crippen LogP contribution in [0.3, 0.4) is 0 Å². The second kappa shape index (κ2) is 12.1. The molecule has 0 nitrogen and oxygen atoms in total. The molecule has 0 radical (unpaired) electrons. The van der Waals surface area contributed by atoms with Gasteiger partial charge < -0.3 is 0 Å². The van der Waals surface area contributed by atoms with Crippen molar-refractivity contribution in [2.24, 2.45) is 0 Å². The smallest absolute Gasteiger partial charge is 0.00147 e. The van der Waals surface area contributed by atoms with Gasteiger partial charge in [-0.3, -0.25) is 0 Å². The van der Waals surface area contributed by atoms with Crippen LogP contribution in [-0.2, 0) is 0 Å². The van der Waals surface area contributed by atoms with Crippen LogP contribution in [0.15, 0.2) is 108 Å². The molecule has 0 aromatic heterocycles. The number of benzene rings is 4. The molecule has 0 bridgehead atoms. The first-order valence-corrected chi connectivity index (χ1v) is 17.8. The second-order valence-electron chi connectivity index (χ2n) is 12.0. The number of aryl methyl sites for hydroxylation is 4. The van der Waals surface area contributed by atoms with E-state index in [0.29, 0.717) is 11.3 Å². The Morgan fingerprint density at radius 1 is 0.400 bits per heavy atom. The Labute approximate surface area is 244 Å². The van der Waals surface area contributed by atoms with Crippen LogP contribution in [0.1, 0.15) is 60.8 Å². The molecular formula is C38H42P2. The van der Waals surface area contributed by atoms with Crippen LogP contribution in [0.25, 0.3) is 0 Å². The van der Waals surface area contributed by atoms with Crippen molar-refractivity contribution < 1.29 is 0 Å². The maximum Gasteiger partial charge on any atom is -0.00147 e. The summed E-state index contributed by atoms with van der Waals surface area (Å²) in [7, 11) is -1.02. The van der Waals surface area contributed by atoms with Gasteiger partial charge in [0.2, 0.25) is 0 Å². The standard InChI is InChI=1S/C38H42P2/c1-27-9-17-33(18-10-27)39(34-19-11-28(2)12-20-34)37-25-31-7-5-6-8-32(31)26-38(37)40(35-21-13-29(3)14-22-35)36-23-15-30(4)16-24-36/h9-24,37-38H,5-8,25-26H2,1-4H3. The summed E-state index contributed by atoms with van der Waals surface area (Å²) in [5, 5.41) is 6.17. The third-order valence-electron chi connectivity index (χ3n) is 8.97. The summed E-state index contributed by atoms with van der Waals surface area (Å²) in [5.41, 5.74) is 10.3. The van der Waals surface area contributed by atoms with E-state index in [1.165, 1.54) is 60.8 Å². The average Bonchev–Trinajstić information content (AvgIpc) is 2.97. The highest BCUT2D eigenvalue weighted by molar-refractivity contribution is 7.77. The van der Waals surface area contributed by atoms with Crippen LogP contribution in [0.2, 0.25) is 0 Å². The molecule has 0 saturated carbocycles. The van der Waals surface area contributed by atoms with Crippen molar-refractivity contribution >= 4 is 37.1 Å². The molecule has 2 atom stereocenters. The van der Waals surface area contributed by atoms with Crippen molar-refractivity contribution in [3.8, 4) is 0 Å². The fourth-order valence-corrected chi connectivity index (χ4v) is 13.2. The topological polar surface area (TPSA) is 0 Å². The van der Waals surface area contributed by atoms with Crippen LogP contribution in [0, 0.1) is 27.7 Å². The molecule has 2 unspecified atom stereocenters. The van der Waals surface area contributed by atoms with E-state index < -0.39 is 15.8 Å². The highest BCUT2D eigenvalue weighted by Crippen LogP contribution is 2.58. The molecule has 2 aliphatic rings. The lowest BCUT2D eigenvalue weighted by molar-refractivity contribution is 0.569. The summed E-state index contributed by atoms with van der Waals surface area (Å²) >= 11 is 0. The fourth-order valence-electron chi connectivity index (χ4n) is 6.71. The van der Waals surface area contributed by atoms with Gasteiger partial charge in [0.25, 0.3) is 0 Å². The SMILES string of the molecule is Cc1ccc(P(c2ccc(C)cc2)C2CC3=C(CCCC3)CC2P(c2ccc(C)cc2)c2ccc(C)cc2)cc1. The Hall–Kier alpha value is -2.52. The molecule has 0 heterocycles. The van der Waals surface area contributed by atoms with Crippen molar-refractivity contribution in [3.05, 3.63) is 130 Å². The highest BCUT2D eigenvalue weighted by atomic mass is 31.1. The van der Waals surface area contributed by atoms with Crippen molar-refractivity contribution in [1.82, 2.24) is 0 Å². The minimum Gasteiger partial charge on any atom is -0.0703 e. The summed E-state index contributed by atoms with van der Waals surface area (Å²) in [6, 6.07) is 38.3. The zero-order chi connectivity index (χ0) is 27.6. The molecule has 4 aromatic carbocycles. The molecule has 2 aliphatic carbocycles. The summed E-state index contributed by atoms with van der Waals surface area (Å²) in [4.78, 5) is 0. The van der Waals surface area contributed by atoms with Crippen LogP contribution < -0.4 is 21.2 Å². The molecule has 0 N–H and O–H groups in total. The Balaban J connectivity index is 1.54. The third-order valence-corrected chi connectivity index (χ3v) is 15.0. The summed E-state index contributed by atoms with van der Waals surface area (Å²) in [5.74, 6) is 0. The number of hydrogen-bond donors (Lipinski definition) is 0. The molecular weight excluding hydrogens is 518 g/mol. The van der Waals surface area contributed by atoms with E-state index >= 15 is 0 Å². The number of hydrogen-bond acceptors (Lipinski definition) is 0. The van der Waals surface area contributed by atoms with Gasteiger partial charge in [-0.25, -0.2) is 0 Å². The normalized spacial score (nSPS) is 19.2. The maximum absolute atomic E-state index is 2.45. The van der Waals surface area contributed by atoms with Gasteiger partial charge in [0, 0.05) is 0 Å². The number of rotatable bonds is 6. The van der Waals surface area contributed by atoms with Gasteiger partial charge in [-0.15, -0.1) is 0 Å². The van der Waals surface area contributed by atoms with Crippen molar-refractivity contribution in [2.45, 2.75) is 77.5 Å². The van der Waals surface area contributed by atoms with E-state index in [4.69, 9.17) is 0 Å². The fraction of sp³-hybridized carbons (Fsp3) is 0.316. The first-order valence-electron chi connectivity index (χ1n) is 15.0. The minimum atomic E-state index is -0.509. The van der Waals surface area contributed by atoms with E-state index in [0.717, 1.165) is 0 Å². The van der Waals surface area contributed by atoms with E-state index in [1.807, 2.05) is 11.1 Å². The molecule has 4 aromatic rings. The zero-order valence-corrected chi connectivity index (χ0v) is 26.3. The minimum absolute atomic E-state index is 0.509. The molecule has 0 aliphatic heterocycles. The monoisotopic (exact) mass is 560 g/mol. The number of allylic oxidation sites excluding steroid dienone is 2. The van der Waals surface area contributed by atoms with Gasteiger partial charge in [-0.1, -0.05) is 130 Å². The van der Waals surface area contributed by atoms with Crippen molar-refractivity contribution in [3.63, 3.8) is 0 Å². The summed E-state index contributed by atoms with van der Waals surface area (Å²) in [6.07, 6.45) is 7.91. The molecule has 0 spiro atoms. The molecule has 0 saturated heterocycles. The average molecular weight is 561 g/mol. The lowest BCUT2D eigenvalue weighted by atomic mass is 9.82. The van der Waals surface area contributed by atoms with Crippen molar-refractivity contribution in [1.29, 1.82) is 0 Å². The molecule has 40 heavy (non-hydrogen) atoms. The van der Waals surface area contributed by atoms with Crippen LogP contribution in [0.5, 0.6) is 0 Å². The molecule has 204 valence electrons. The third kappa shape index (κ3) is 5.91. The molecule has 2 heteroatoms. The predicted octanol–water partition coefficient (Wildman–Crippen LogP) is 8.89. The van der Waals surface area contributed by atoms with E-state index in [-0.39, 0.29) is 0 Å². The van der Waals surface area contributed by atoms with Crippen LogP contribution >= 0.6 is 15.8 Å². The summed E-state index contributed by atoms with van der Waals surface area (Å²) < 4.78 is 0. The quantitative estimate of drug-likeness (QED) is 0.163. The molecule has 0 fully saturated rings. The Kier molecular flexibility index (Phi) is 8.40. The molecule has 0 amide bonds. The van der Waals surface area contributed by atoms with Crippen molar-refractivity contribution in [2.75, 3.05) is 0 Å². The van der Waals surface area contributed by atoms with Gasteiger partial charge in [-0.05, 0) is 115 Å². The highest BCUT2D eigenvalue weighted by Gasteiger charge is 2.41. The lowest BCUT2D eigenvalue weighted by Gasteiger charge is -2.45. The first kappa shape index (κ1) is 27.6. The second-order valence-corrected chi connectivity index (χ2v) is 16.9. The van der Waals surface area contributed by atoms with Gasteiger partial charge in [0.15, 0.2) is 0 Å². The molecule has 6 rings (SSSR count). The van der Waals surface area contributed by atoms with Gasteiger partial charge in [0.05, 0.1) is 0 Å². The Morgan fingerprint density at radius 3 is 0.900 bits per heavy atom. The van der Waals surface area contributed by atoms with E-state index in [9.17, 15) is 0 Å². The largest absolute Gasteiger partial charge is 0.0703 e. The Bertz CT molecular complexity index is 1260. The Morgan fingerprint density at radius 2 is 0.650 bits per heavy atom. The zero-order valence-electron chi connectivity index (χ0n) is 24.5. The van der Waals surface area contributed by atoms with E-state index in [1.54, 1.807) is 21.2 Å². The first-order chi connectivity index (χ1) is 19.5. The van der Waals surface area contributed by atoms with Gasteiger partial charge in [0.1, 0.15) is 0 Å². The van der Waals surface area contributed by atoms with Crippen LogP contribution in [-0.4, -0.2) is 11.3 Å². The summed E-state index contributed by atoms with van der Waals surface area (Å²) in [6.45, 7) is 8.87. The predicted molar refractivity (Wildman–Crippen MR) is 179 cm³/mol. The van der Waals surface area contributed by atoms with Crippen LogP contribution in [0.4, 0.5) is 0 Å². The lowest BCUT2D eigenvalue weighted by Crippen LogP contribution is -2.39. The van der Waals surface area contributed by atoms with E-state index in [2.05, 4.69) is 125 Å². The van der Waals surface area contributed by atoms with Gasteiger partial charge >= 0.3 is 0 Å². The van der Waals surface area contributed by atoms with Gasteiger partial charge in [-0.2, -0.15) is 0 Å².